The lowest BCUT2D eigenvalue weighted by Crippen LogP contribution is -2.30. The molecule has 0 fully saturated rings. The van der Waals surface area contributed by atoms with Crippen LogP contribution in [0.4, 0.5) is 0 Å². The normalized spacial score (nSPS) is 20.4. The highest BCUT2D eigenvalue weighted by atomic mass is 16.4. The van der Waals surface area contributed by atoms with Gasteiger partial charge in [0.25, 0.3) is 11.8 Å². The Morgan fingerprint density at radius 2 is 1.60 bits per heavy atom. The predicted octanol–water partition coefficient (Wildman–Crippen LogP) is 2.71. The Labute approximate surface area is 249 Å². The third-order valence-electron chi connectivity index (χ3n) is 8.50. The van der Waals surface area contributed by atoms with Gasteiger partial charge >= 0.3 is 11.9 Å². The molecule has 43 heavy (non-hydrogen) atoms. The molecule has 2 aromatic heterocycles. The molecule has 2 atom stereocenters. The molecule has 2 unspecified atom stereocenters. The number of carboxylic acid groups (broad SMARTS) is 2. The summed E-state index contributed by atoms with van der Waals surface area (Å²) < 4.78 is 0. The van der Waals surface area contributed by atoms with Crippen molar-refractivity contribution < 1.29 is 29.4 Å². The number of aliphatic imine (C=N–C) groups is 1. The van der Waals surface area contributed by atoms with E-state index >= 15 is 0 Å². The van der Waals surface area contributed by atoms with E-state index in [4.69, 9.17) is 0 Å². The van der Waals surface area contributed by atoms with Crippen LogP contribution in [0, 0.1) is 19.8 Å². The summed E-state index contributed by atoms with van der Waals surface area (Å²) in [5.41, 5.74) is 7.85. The topological polar surface area (TPSA) is 165 Å². The van der Waals surface area contributed by atoms with E-state index in [2.05, 4.69) is 26.9 Å². The predicted molar refractivity (Wildman–Crippen MR) is 164 cm³/mol. The summed E-state index contributed by atoms with van der Waals surface area (Å²) in [6.45, 7) is 13.2. The summed E-state index contributed by atoms with van der Waals surface area (Å²) in [6, 6.07) is -0.226. The van der Waals surface area contributed by atoms with Crippen LogP contribution in [-0.2, 0) is 38.4 Å². The van der Waals surface area contributed by atoms with E-state index in [1.165, 1.54) is 0 Å². The average molecular weight is 587 g/mol. The standard InChI is InChI=1S/C33H38N4O6/c1-7-20-19(6)32(42)37-27(20)14-25-18(5)23(10-12-31(40)41)29(35-25)15-28-22(9-11-30(38)39)17(4)24(34-28)13-26-16(3)21(8-2)33(43)36-26/h7-8,14-15,19,26,34-35H,2,9-13H2,1,3-6H3,(H,36,43)(H,38,39)(H,40,41)/b20-7-,25-14+,29-15-. The number of H-pyrrole nitrogens is 2. The molecule has 2 aliphatic heterocycles. The van der Waals surface area contributed by atoms with Gasteiger partial charge in [0, 0.05) is 46.9 Å². The molecule has 0 bridgehead atoms. The number of hydrogen-bond donors (Lipinski definition) is 5. The number of nitrogens with zero attached hydrogens (tertiary/aromatic N) is 1. The van der Waals surface area contributed by atoms with Crippen LogP contribution in [0.25, 0.3) is 12.2 Å². The molecule has 0 aliphatic carbocycles. The Morgan fingerprint density at radius 3 is 2.19 bits per heavy atom. The molecule has 2 amide bonds. The van der Waals surface area contributed by atoms with Crippen LogP contribution in [-0.4, -0.2) is 55.7 Å². The molecule has 0 radical (unpaired) electrons. The van der Waals surface area contributed by atoms with Gasteiger partial charge in [0.15, 0.2) is 0 Å². The van der Waals surface area contributed by atoms with Crippen molar-refractivity contribution in [1.29, 1.82) is 0 Å². The monoisotopic (exact) mass is 586 g/mol. The van der Waals surface area contributed by atoms with Gasteiger partial charge in [0.05, 0.1) is 17.7 Å². The number of rotatable bonds is 11. The van der Waals surface area contributed by atoms with Gasteiger partial charge in [-0.05, 0) is 93.0 Å². The van der Waals surface area contributed by atoms with Crippen molar-refractivity contribution in [3.63, 3.8) is 0 Å². The van der Waals surface area contributed by atoms with Gasteiger partial charge in [-0.1, -0.05) is 18.7 Å². The number of carbonyl (C=O) groups excluding carboxylic acids is 2. The first-order valence-electron chi connectivity index (χ1n) is 14.3. The zero-order chi connectivity index (χ0) is 31.6. The van der Waals surface area contributed by atoms with Crippen LogP contribution < -0.4 is 16.0 Å². The maximum atomic E-state index is 12.4. The van der Waals surface area contributed by atoms with Crippen LogP contribution >= 0.6 is 0 Å². The van der Waals surface area contributed by atoms with Crippen molar-refractivity contribution in [2.24, 2.45) is 10.9 Å². The van der Waals surface area contributed by atoms with Crippen molar-refractivity contribution in [3.05, 3.63) is 79.8 Å². The number of nitrogens with one attached hydrogen (secondary N) is 3. The number of aromatic nitrogens is 2. The Morgan fingerprint density at radius 1 is 0.953 bits per heavy atom. The van der Waals surface area contributed by atoms with Gasteiger partial charge in [-0.2, -0.15) is 0 Å². The smallest absolute Gasteiger partial charge is 0.303 e. The number of amides is 2. The zero-order valence-corrected chi connectivity index (χ0v) is 25.2. The van der Waals surface area contributed by atoms with Gasteiger partial charge in [-0.25, -0.2) is 4.99 Å². The molecular formula is C33H38N4O6. The van der Waals surface area contributed by atoms with E-state index in [0.717, 1.165) is 39.1 Å². The van der Waals surface area contributed by atoms with Crippen LogP contribution in [0.5, 0.6) is 0 Å². The van der Waals surface area contributed by atoms with Crippen molar-refractivity contribution in [2.45, 2.75) is 72.8 Å². The Hall–Kier alpha value is -4.73. The lowest BCUT2D eigenvalue weighted by atomic mass is 9.98. The summed E-state index contributed by atoms with van der Waals surface area (Å²) in [5.74, 6) is -2.54. The third-order valence-corrected chi connectivity index (χ3v) is 8.50. The Kier molecular flexibility index (Phi) is 9.18. The van der Waals surface area contributed by atoms with E-state index in [9.17, 15) is 29.4 Å². The quantitative estimate of drug-likeness (QED) is 0.272. The molecule has 2 aliphatic rings. The first-order valence-corrected chi connectivity index (χ1v) is 14.3. The first kappa shape index (κ1) is 31.2. The largest absolute Gasteiger partial charge is 0.481 e. The molecule has 10 heteroatoms. The van der Waals surface area contributed by atoms with Gasteiger partial charge in [-0.15, -0.1) is 0 Å². The molecule has 2 aromatic rings. The van der Waals surface area contributed by atoms with Crippen molar-refractivity contribution in [3.8, 4) is 0 Å². The zero-order valence-electron chi connectivity index (χ0n) is 25.2. The van der Waals surface area contributed by atoms with Crippen LogP contribution in [0.1, 0.15) is 67.3 Å². The van der Waals surface area contributed by atoms with Gasteiger partial charge < -0.3 is 25.5 Å². The minimum absolute atomic E-state index is 0.0640. The SMILES string of the molecule is C=CC1=C(C)C(Cc2[nH]c(/C=c3\[nH]/c(=C/C4=NC(=O)C(C)/C4=C/C)c(C)c3CCC(=O)O)c(CCC(=O)O)c2C)NC1=O. The number of aromatic amines is 2. The van der Waals surface area contributed by atoms with E-state index in [-0.39, 0.29) is 49.5 Å². The number of carboxylic acids is 2. The summed E-state index contributed by atoms with van der Waals surface area (Å²) >= 11 is 0. The fourth-order valence-electron chi connectivity index (χ4n) is 5.90. The highest BCUT2D eigenvalue weighted by Crippen LogP contribution is 2.27. The van der Waals surface area contributed by atoms with E-state index in [0.29, 0.717) is 34.1 Å². The maximum Gasteiger partial charge on any atom is 0.303 e. The van der Waals surface area contributed by atoms with Crippen molar-refractivity contribution >= 4 is 41.6 Å². The lowest BCUT2D eigenvalue weighted by molar-refractivity contribution is -0.138. The van der Waals surface area contributed by atoms with Crippen molar-refractivity contribution in [2.75, 3.05) is 0 Å². The second-order valence-corrected chi connectivity index (χ2v) is 11.1. The number of carbonyl (C=O) groups is 4. The molecule has 0 spiro atoms. The highest BCUT2D eigenvalue weighted by molar-refractivity contribution is 6.29. The highest BCUT2D eigenvalue weighted by Gasteiger charge is 2.29. The maximum absolute atomic E-state index is 12.4. The van der Waals surface area contributed by atoms with Gasteiger partial charge in [-0.3, -0.25) is 19.2 Å². The van der Waals surface area contributed by atoms with Gasteiger partial charge in [0.1, 0.15) is 0 Å². The fourth-order valence-corrected chi connectivity index (χ4v) is 5.90. The van der Waals surface area contributed by atoms with Crippen molar-refractivity contribution in [1.82, 2.24) is 15.3 Å². The minimum atomic E-state index is -0.922. The second-order valence-electron chi connectivity index (χ2n) is 11.1. The molecule has 0 saturated carbocycles. The summed E-state index contributed by atoms with van der Waals surface area (Å²) in [5, 5.41) is 23.3. The van der Waals surface area contributed by atoms with Crippen LogP contribution in [0.15, 0.2) is 40.4 Å². The fraction of sp³-hybridized carbons (Fsp3) is 0.364. The number of hydrogen-bond acceptors (Lipinski definition) is 4. The first-order chi connectivity index (χ1) is 20.4. The minimum Gasteiger partial charge on any atom is -0.481 e. The molecule has 5 N–H and O–H groups in total. The van der Waals surface area contributed by atoms with Crippen LogP contribution in [0.2, 0.25) is 0 Å². The molecule has 10 nitrogen and oxygen atoms in total. The average Bonchev–Trinajstić information content (AvgIpc) is 3.59. The number of aliphatic carboxylic acids is 2. The molecular weight excluding hydrogens is 548 g/mol. The summed E-state index contributed by atoms with van der Waals surface area (Å²) in [4.78, 5) is 58.8. The third kappa shape index (κ3) is 6.38. The van der Waals surface area contributed by atoms with Crippen LogP contribution in [0.3, 0.4) is 0 Å². The molecule has 0 aromatic carbocycles. The van der Waals surface area contributed by atoms with E-state index in [1.807, 2.05) is 52.8 Å². The second kappa shape index (κ2) is 12.6. The molecule has 226 valence electrons. The lowest BCUT2D eigenvalue weighted by Gasteiger charge is -2.12. The molecule has 0 saturated heterocycles. The Balaban J connectivity index is 1.86. The summed E-state index contributed by atoms with van der Waals surface area (Å²) in [7, 11) is 0. The molecule has 4 heterocycles. The number of allylic oxidation sites excluding steroid dienone is 1. The van der Waals surface area contributed by atoms with E-state index in [1.54, 1.807) is 6.08 Å². The Bertz CT molecular complexity index is 1750. The molecule has 4 rings (SSSR count). The van der Waals surface area contributed by atoms with E-state index < -0.39 is 11.9 Å². The van der Waals surface area contributed by atoms with Gasteiger partial charge in [0.2, 0.25) is 0 Å². The summed E-state index contributed by atoms with van der Waals surface area (Å²) in [6.07, 6.45) is 8.05.